The Morgan fingerprint density at radius 3 is 1.63 bits per heavy atom. The van der Waals surface area contributed by atoms with Crippen molar-refractivity contribution in [3.63, 3.8) is 0 Å². The highest BCUT2D eigenvalue weighted by Crippen LogP contribution is 2.63. The molecular weight excluding hydrogens is 442 g/mol. The number of hydrogen-bond acceptors (Lipinski definition) is 5. The molecular formula is C22H19Cl2N2O3P. The van der Waals surface area contributed by atoms with Crippen LogP contribution in [-0.4, -0.2) is 14.2 Å². The van der Waals surface area contributed by atoms with Gasteiger partial charge in [0.15, 0.2) is 5.78 Å². The van der Waals surface area contributed by atoms with Crippen molar-refractivity contribution < 1.29 is 13.6 Å². The van der Waals surface area contributed by atoms with Gasteiger partial charge in [0, 0.05) is 35.6 Å². The van der Waals surface area contributed by atoms with Crippen LogP contribution in [0.2, 0.25) is 10.0 Å². The van der Waals surface area contributed by atoms with E-state index in [4.69, 9.17) is 37.5 Å². The molecule has 1 unspecified atom stereocenters. The second kappa shape index (κ2) is 9.66. The number of halogens is 2. The number of benzene rings is 3. The molecule has 0 fully saturated rings. The third kappa shape index (κ3) is 4.70. The number of nitrogens with zero attached hydrogens (tertiary/aromatic N) is 2. The zero-order valence-electron chi connectivity index (χ0n) is 16.3. The van der Waals surface area contributed by atoms with E-state index in [-0.39, 0.29) is 0 Å². The molecule has 0 N–H and O–H groups in total. The molecule has 0 bridgehead atoms. The molecule has 3 aromatic carbocycles. The highest BCUT2D eigenvalue weighted by molar-refractivity contribution is 7.54. The molecule has 3 rings (SSSR count). The Kier molecular flexibility index (Phi) is 7.20. The first kappa shape index (κ1) is 22.4. The van der Waals surface area contributed by atoms with Crippen molar-refractivity contribution in [2.45, 2.75) is 5.78 Å². The quantitative estimate of drug-likeness (QED) is 0.349. The van der Waals surface area contributed by atoms with Gasteiger partial charge in [-0.3, -0.25) is 4.57 Å². The summed E-state index contributed by atoms with van der Waals surface area (Å²) in [5.74, 6) is -0.831. The molecule has 0 spiro atoms. The van der Waals surface area contributed by atoms with Crippen molar-refractivity contribution in [2.24, 2.45) is 0 Å². The smallest absolute Gasteiger partial charge is 0.323 e. The first-order chi connectivity index (χ1) is 14.4. The summed E-state index contributed by atoms with van der Waals surface area (Å²) in [5.41, 5.74) is 2.61. The summed E-state index contributed by atoms with van der Waals surface area (Å²) >= 11 is 12.2. The van der Waals surface area contributed by atoms with Crippen molar-refractivity contribution in [1.29, 1.82) is 5.26 Å². The van der Waals surface area contributed by atoms with Crippen LogP contribution in [-0.2, 0) is 13.6 Å². The summed E-state index contributed by atoms with van der Waals surface area (Å²) in [5, 5.41) is 10.3. The van der Waals surface area contributed by atoms with Crippen molar-refractivity contribution >= 4 is 42.2 Å². The van der Waals surface area contributed by atoms with Gasteiger partial charge in [0.2, 0.25) is 0 Å². The summed E-state index contributed by atoms with van der Waals surface area (Å²) in [4.78, 5) is 1.85. The van der Waals surface area contributed by atoms with Gasteiger partial charge in [0.1, 0.15) is 0 Å². The lowest BCUT2D eigenvalue weighted by molar-refractivity contribution is 0.266. The van der Waals surface area contributed by atoms with E-state index in [0.717, 1.165) is 11.4 Å². The molecule has 0 aliphatic rings. The van der Waals surface area contributed by atoms with Gasteiger partial charge in [-0.1, -0.05) is 35.3 Å². The van der Waals surface area contributed by atoms with Crippen molar-refractivity contribution in [2.75, 3.05) is 19.1 Å². The maximum absolute atomic E-state index is 13.7. The zero-order chi connectivity index (χ0) is 21.7. The van der Waals surface area contributed by atoms with E-state index in [9.17, 15) is 4.57 Å². The van der Waals surface area contributed by atoms with Gasteiger partial charge in [0.25, 0.3) is 0 Å². The van der Waals surface area contributed by atoms with Crippen LogP contribution in [0, 0.1) is 11.3 Å². The van der Waals surface area contributed by atoms with Gasteiger partial charge in [-0.05, 0) is 66.2 Å². The third-order valence-corrected chi connectivity index (χ3v) is 7.25. The van der Waals surface area contributed by atoms with Crippen LogP contribution in [0.5, 0.6) is 0 Å². The molecule has 30 heavy (non-hydrogen) atoms. The lowest BCUT2D eigenvalue weighted by Gasteiger charge is -2.37. The minimum atomic E-state index is -3.67. The van der Waals surface area contributed by atoms with Crippen LogP contribution >= 0.6 is 30.8 Å². The highest BCUT2D eigenvalue weighted by Gasteiger charge is 2.41. The summed E-state index contributed by atoms with van der Waals surface area (Å²) in [6.07, 6.45) is 0. The summed E-state index contributed by atoms with van der Waals surface area (Å²) < 4.78 is 24.5. The Balaban J connectivity index is 2.26. The van der Waals surface area contributed by atoms with Crippen LogP contribution in [0.25, 0.3) is 0 Å². The number of nitriles is 1. The van der Waals surface area contributed by atoms with Crippen molar-refractivity contribution in [3.05, 3.63) is 94.0 Å². The standard InChI is InChI=1S/C22H19Cl2N2O3P/c1-28-30(27,29-2)22(17-5-3-16(15-25)4-6-17)26(20-11-7-18(23)8-12-20)21-13-9-19(24)10-14-21/h3-14,22H,1-2H3. The van der Waals surface area contributed by atoms with Crippen LogP contribution in [0.3, 0.4) is 0 Å². The van der Waals surface area contributed by atoms with Crippen molar-refractivity contribution in [3.8, 4) is 6.07 Å². The minimum absolute atomic E-state index is 0.492. The first-order valence-electron chi connectivity index (χ1n) is 8.93. The zero-order valence-corrected chi connectivity index (χ0v) is 18.7. The van der Waals surface area contributed by atoms with Gasteiger partial charge in [0.05, 0.1) is 11.6 Å². The molecule has 0 amide bonds. The molecule has 0 aromatic heterocycles. The topological polar surface area (TPSA) is 62.6 Å². The fourth-order valence-electron chi connectivity index (χ4n) is 3.11. The average Bonchev–Trinajstić information content (AvgIpc) is 2.78. The number of rotatable bonds is 7. The summed E-state index contributed by atoms with van der Waals surface area (Å²) in [6, 6.07) is 23.2. The maximum atomic E-state index is 13.7. The Labute approximate surface area is 185 Å². The minimum Gasteiger partial charge on any atom is -0.323 e. The summed E-state index contributed by atoms with van der Waals surface area (Å²) in [7, 11) is -0.970. The van der Waals surface area contributed by atoms with E-state index in [1.54, 1.807) is 48.5 Å². The van der Waals surface area contributed by atoms with E-state index in [1.807, 2.05) is 29.2 Å². The van der Waals surface area contributed by atoms with E-state index < -0.39 is 13.4 Å². The van der Waals surface area contributed by atoms with E-state index >= 15 is 0 Å². The van der Waals surface area contributed by atoms with Crippen LogP contribution in [0.4, 0.5) is 11.4 Å². The molecule has 0 radical (unpaired) electrons. The molecule has 154 valence electrons. The number of anilines is 2. The van der Waals surface area contributed by atoms with E-state index in [0.29, 0.717) is 21.2 Å². The van der Waals surface area contributed by atoms with E-state index in [2.05, 4.69) is 6.07 Å². The van der Waals surface area contributed by atoms with Crippen LogP contribution in [0.1, 0.15) is 16.9 Å². The Morgan fingerprint density at radius 2 is 1.27 bits per heavy atom. The first-order valence-corrected chi connectivity index (χ1v) is 11.3. The predicted octanol–water partition coefficient (Wildman–Crippen LogP) is 7.19. The van der Waals surface area contributed by atoms with Crippen LogP contribution < -0.4 is 4.90 Å². The third-order valence-electron chi connectivity index (χ3n) is 4.60. The molecule has 8 heteroatoms. The molecule has 3 aromatic rings. The fourth-order valence-corrected chi connectivity index (χ4v) is 5.00. The van der Waals surface area contributed by atoms with Gasteiger partial charge in [-0.25, -0.2) is 0 Å². The molecule has 1 atom stereocenters. The van der Waals surface area contributed by atoms with Gasteiger partial charge in [-0.15, -0.1) is 0 Å². The predicted molar refractivity (Wildman–Crippen MR) is 121 cm³/mol. The van der Waals surface area contributed by atoms with Gasteiger partial charge in [-0.2, -0.15) is 5.26 Å². The number of hydrogen-bond donors (Lipinski definition) is 0. The van der Waals surface area contributed by atoms with E-state index in [1.165, 1.54) is 14.2 Å². The summed E-state index contributed by atoms with van der Waals surface area (Å²) in [6.45, 7) is 0. The van der Waals surface area contributed by atoms with Gasteiger partial charge < -0.3 is 13.9 Å². The highest BCUT2D eigenvalue weighted by atomic mass is 35.5. The van der Waals surface area contributed by atoms with Gasteiger partial charge >= 0.3 is 7.60 Å². The SMILES string of the molecule is COP(=O)(OC)C(c1ccc(C#N)cc1)N(c1ccc(Cl)cc1)c1ccc(Cl)cc1. The molecule has 0 saturated heterocycles. The lowest BCUT2D eigenvalue weighted by Crippen LogP contribution is -2.25. The Hall–Kier alpha value is -2.32. The molecule has 0 aliphatic carbocycles. The maximum Gasteiger partial charge on any atom is 0.357 e. The monoisotopic (exact) mass is 460 g/mol. The molecule has 0 aliphatic heterocycles. The van der Waals surface area contributed by atoms with Crippen molar-refractivity contribution in [1.82, 2.24) is 0 Å². The molecule has 0 heterocycles. The second-order valence-corrected chi connectivity index (χ2v) is 9.51. The lowest BCUT2D eigenvalue weighted by atomic mass is 10.1. The van der Waals surface area contributed by atoms with Crippen LogP contribution in [0.15, 0.2) is 72.8 Å². The average molecular weight is 461 g/mol. The second-order valence-electron chi connectivity index (χ2n) is 6.34. The largest absolute Gasteiger partial charge is 0.357 e. The molecule has 0 saturated carbocycles. The normalized spacial score (nSPS) is 12.2. The Morgan fingerprint density at radius 1 is 0.833 bits per heavy atom. The molecule has 5 nitrogen and oxygen atoms in total. The fraction of sp³-hybridized carbons (Fsp3) is 0.136. The Bertz CT molecular complexity index is 1030.